The Hall–Kier alpha value is -2.11. The zero-order valence-electron chi connectivity index (χ0n) is 15.1. The van der Waals surface area contributed by atoms with Gasteiger partial charge in [0.25, 0.3) is 0 Å². The van der Waals surface area contributed by atoms with Gasteiger partial charge >= 0.3 is 0 Å². The van der Waals surface area contributed by atoms with Crippen molar-refractivity contribution < 1.29 is 4.79 Å². The largest absolute Gasteiger partial charge is 0.354 e. The van der Waals surface area contributed by atoms with E-state index in [1.807, 2.05) is 42.6 Å². The zero-order valence-corrected chi connectivity index (χ0v) is 15.9. The van der Waals surface area contributed by atoms with E-state index in [1.165, 1.54) is 0 Å². The molecule has 26 heavy (non-hydrogen) atoms. The van der Waals surface area contributed by atoms with Crippen LogP contribution in [0.25, 0.3) is 0 Å². The van der Waals surface area contributed by atoms with E-state index in [-0.39, 0.29) is 5.91 Å². The van der Waals surface area contributed by atoms with Crippen LogP contribution in [0, 0.1) is 0 Å². The minimum atomic E-state index is 0.0260. The highest BCUT2D eigenvalue weighted by Gasteiger charge is 2.18. The highest BCUT2D eigenvalue weighted by atomic mass is 35.5. The van der Waals surface area contributed by atoms with Crippen LogP contribution < -0.4 is 10.2 Å². The second-order valence-corrected chi connectivity index (χ2v) is 7.05. The number of carbonyl (C=O) groups excluding carboxylic acids is 1. The van der Waals surface area contributed by atoms with Gasteiger partial charge in [-0.05, 0) is 31.2 Å². The molecule has 0 spiro atoms. The number of hydrogen-bond acceptors (Lipinski definition) is 4. The van der Waals surface area contributed by atoms with Crippen molar-refractivity contribution in [1.82, 2.24) is 15.2 Å². The lowest BCUT2D eigenvalue weighted by atomic mass is 10.1. The second kappa shape index (κ2) is 9.01. The number of halogens is 1. The van der Waals surface area contributed by atoms with Crippen molar-refractivity contribution in [2.24, 2.45) is 0 Å². The zero-order chi connectivity index (χ0) is 18.4. The standard InChI is InChI=1S/C20H25ClN4O/c1-24-11-13-25(14-12-24)20-17(6-4-10-22-20)15-23-19(26)9-8-16-5-2-3-7-18(16)21/h2-7,10H,8-9,11-15H2,1H3,(H,23,26). The van der Waals surface area contributed by atoms with Gasteiger partial charge in [0.2, 0.25) is 5.91 Å². The average molecular weight is 373 g/mol. The Balaban J connectivity index is 1.54. The van der Waals surface area contributed by atoms with Crippen molar-refractivity contribution >= 4 is 23.3 Å². The van der Waals surface area contributed by atoms with E-state index in [9.17, 15) is 4.79 Å². The SMILES string of the molecule is CN1CCN(c2ncccc2CNC(=O)CCc2ccccc2Cl)CC1. The number of hydrogen-bond donors (Lipinski definition) is 1. The maximum atomic E-state index is 12.2. The highest BCUT2D eigenvalue weighted by Crippen LogP contribution is 2.19. The van der Waals surface area contributed by atoms with E-state index in [0.29, 0.717) is 24.4 Å². The van der Waals surface area contributed by atoms with Crippen LogP contribution in [0.4, 0.5) is 5.82 Å². The average Bonchev–Trinajstić information content (AvgIpc) is 2.67. The Morgan fingerprint density at radius 3 is 2.62 bits per heavy atom. The van der Waals surface area contributed by atoms with Crippen molar-refractivity contribution in [2.75, 3.05) is 38.1 Å². The Morgan fingerprint density at radius 1 is 1.12 bits per heavy atom. The normalized spacial score (nSPS) is 15.1. The Kier molecular flexibility index (Phi) is 6.47. The van der Waals surface area contributed by atoms with Crippen molar-refractivity contribution in [3.8, 4) is 0 Å². The molecule has 1 amide bonds. The lowest BCUT2D eigenvalue weighted by molar-refractivity contribution is -0.121. The number of nitrogens with zero attached hydrogens (tertiary/aromatic N) is 3. The van der Waals surface area contributed by atoms with Crippen molar-refractivity contribution in [1.29, 1.82) is 0 Å². The number of rotatable bonds is 6. The first-order chi connectivity index (χ1) is 12.6. The topological polar surface area (TPSA) is 48.5 Å². The summed E-state index contributed by atoms with van der Waals surface area (Å²) in [5, 5.41) is 3.73. The lowest BCUT2D eigenvalue weighted by Gasteiger charge is -2.34. The summed E-state index contributed by atoms with van der Waals surface area (Å²) in [6.07, 6.45) is 2.88. The minimum absolute atomic E-state index is 0.0260. The van der Waals surface area contributed by atoms with E-state index >= 15 is 0 Å². The third-order valence-electron chi connectivity index (χ3n) is 4.73. The van der Waals surface area contributed by atoms with Gasteiger partial charge in [-0.2, -0.15) is 0 Å². The van der Waals surface area contributed by atoms with Crippen LogP contribution in [-0.2, 0) is 17.8 Å². The van der Waals surface area contributed by atoms with Gasteiger partial charge in [0, 0.05) is 55.9 Å². The summed E-state index contributed by atoms with van der Waals surface area (Å²) < 4.78 is 0. The molecule has 0 unspecified atom stereocenters. The number of aromatic nitrogens is 1. The van der Waals surface area contributed by atoms with E-state index in [1.54, 1.807) is 0 Å². The number of piperazine rings is 1. The molecule has 1 aromatic heterocycles. The van der Waals surface area contributed by atoms with Crippen molar-refractivity contribution in [3.05, 3.63) is 58.7 Å². The number of likely N-dealkylation sites (N-methyl/N-ethyl adjacent to an activating group) is 1. The third kappa shape index (κ3) is 4.96. The number of nitrogens with one attached hydrogen (secondary N) is 1. The van der Waals surface area contributed by atoms with Gasteiger partial charge in [0.15, 0.2) is 0 Å². The van der Waals surface area contributed by atoms with E-state index in [4.69, 9.17) is 11.6 Å². The van der Waals surface area contributed by atoms with E-state index < -0.39 is 0 Å². The molecule has 2 heterocycles. The molecule has 1 aliphatic heterocycles. The summed E-state index contributed by atoms with van der Waals surface area (Å²) in [6, 6.07) is 11.6. The molecule has 1 fully saturated rings. The smallest absolute Gasteiger partial charge is 0.220 e. The molecule has 1 saturated heterocycles. The van der Waals surface area contributed by atoms with Crippen LogP contribution in [-0.4, -0.2) is 49.0 Å². The van der Waals surface area contributed by atoms with Crippen LogP contribution >= 0.6 is 11.6 Å². The first-order valence-corrected chi connectivity index (χ1v) is 9.39. The molecule has 0 bridgehead atoms. The number of amides is 1. The summed E-state index contributed by atoms with van der Waals surface area (Å²) in [5.74, 6) is 1.00. The molecule has 3 rings (SSSR count). The van der Waals surface area contributed by atoms with Crippen LogP contribution in [0.3, 0.4) is 0 Å². The molecular formula is C20H25ClN4O. The quantitative estimate of drug-likeness (QED) is 0.847. The summed E-state index contributed by atoms with van der Waals surface area (Å²) in [5.41, 5.74) is 2.06. The van der Waals surface area contributed by atoms with Crippen LogP contribution in [0.5, 0.6) is 0 Å². The maximum absolute atomic E-state index is 12.2. The third-order valence-corrected chi connectivity index (χ3v) is 5.09. The molecular weight excluding hydrogens is 348 g/mol. The molecule has 1 N–H and O–H groups in total. The molecule has 6 heteroatoms. The van der Waals surface area contributed by atoms with E-state index in [0.717, 1.165) is 43.1 Å². The Bertz CT molecular complexity index is 744. The monoisotopic (exact) mass is 372 g/mol. The molecule has 1 aromatic carbocycles. The predicted molar refractivity (Wildman–Crippen MR) is 106 cm³/mol. The lowest BCUT2D eigenvalue weighted by Crippen LogP contribution is -2.45. The molecule has 5 nitrogen and oxygen atoms in total. The molecule has 138 valence electrons. The Labute approximate surface area is 160 Å². The minimum Gasteiger partial charge on any atom is -0.354 e. The number of pyridine rings is 1. The number of benzene rings is 1. The van der Waals surface area contributed by atoms with Gasteiger partial charge in [-0.15, -0.1) is 0 Å². The highest BCUT2D eigenvalue weighted by molar-refractivity contribution is 6.31. The van der Waals surface area contributed by atoms with Crippen molar-refractivity contribution in [3.63, 3.8) is 0 Å². The predicted octanol–water partition coefficient (Wildman–Crippen LogP) is 2.74. The second-order valence-electron chi connectivity index (χ2n) is 6.64. The number of aryl methyl sites for hydroxylation is 1. The molecule has 0 radical (unpaired) electrons. The first-order valence-electron chi connectivity index (χ1n) is 9.01. The van der Waals surface area contributed by atoms with Gasteiger partial charge < -0.3 is 15.1 Å². The first kappa shape index (κ1) is 18.7. The van der Waals surface area contributed by atoms with Crippen LogP contribution in [0.2, 0.25) is 5.02 Å². The van der Waals surface area contributed by atoms with Gasteiger partial charge in [0.1, 0.15) is 5.82 Å². The fraction of sp³-hybridized carbons (Fsp3) is 0.400. The fourth-order valence-corrected chi connectivity index (χ4v) is 3.33. The molecule has 2 aromatic rings. The van der Waals surface area contributed by atoms with Crippen LogP contribution in [0.15, 0.2) is 42.6 Å². The summed E-state index contributed by atoms with van der Waals surface area (Å²) in [6.45, 7) is 4.47. The molecule has 0 atom stereocenters. The fourth-order valence-electron chi connectivity index (χ4n) is 3.10. The molecule has 0 saturated carbocycles. The summed E-state index contributed by atoms with van der Waals surface area (Å²) in [7, 11) is 2.13. The number of anilines is 1. The molecule has 0 aliphatic carbocycles. The van der Waals surface area contributed by atoms with Gasteiger partial charge in [-0.3, -0.25) is 4.79 Å². The van der Waals surface area contributed by atoms with Crippen LogP contribution in [0.1, 0.15) is 17.5 Å². The van der Waals surface area contributed by atoms with Gasteiger partial charge in [-0.25, -0.2) is 4.98 Å². The summed E-state index contributed by atoms with van der Waals surface area (Å²) >= 11 is 6.15. The number of carbonyl (C=O) groups is 1. The van der Waals surface area contributed by atoms with Gasteiger partial charge in [0.05, 0.1) is 0 Å². The maximum Gasteiger partial charge on any atom is 0.220 e. The van der Waals surface area contributed by atoms with Crippen molar-refractivity contribution in [2.45, 2.75) is 19.4 Å². The molecule has 1 aliphatic rings. The van der Waals surface area contributed by atoms with E-state index in [2.05, 4.69) is 27.1 Å². The van der Waals surface area contributed by atoms with Gasteiger partial charge in [-0.1, -0.05) is 35.9 Å². The summed E-state index contributed by atoms with van der Waals surface area (Å²) in [4.78, 5) is 21.4. The Morgan fingerprint density at radius 2 is 1.85 bits per heavy atom.